The number of fused-ring (bicyclic) bond motifs is 7. The van der Waals surface area contributed by atoms with Crippen molar-refractivity contribution < 1.29 is 4.42 Å². The molecule has 0 saturated heterocycles. The smallest absolute Gasteiger partial charge is 0.232 e. The number of hydrogen-bond donors (Lipinski definition) is 0. The molecule has 0 aliphatic carbocycles. The Bertz CT molecular complexity index is 1720. The Morgan fingerprint density at radius 1 is 0.710 bits per heavy atom. The van der Waals surface area contributed by atoms with Crippen molar-refractivity contribution in [1.29, 1.82) is 0 Å². The Morgan fingerprint density at radius 2 is 1.52 bits per heavy atom. The van der Waals surface area contributed by atoms with Crippen LogP contribution in [0.25, 0.3) is 56.0 Å². The summed E-state index contributed by atoms with van der Waals surface area (Å²) >= 11 is 0. The molecular formula is C26H16N4O. The molecule has 7 aromatic rings. The molecule has 0 unspecified atom stereocenters. The average molecular weight is 400 g/mol. The van der Waals surface area contributed by atoms with Gasteiger partial charge >= 0.3 is 0 Å². The fraction of sp³-hybridized carbons (Fsp3) is 0. The maximum atomic E-state index is 6.30. The summed E-state index contributed by atoms with van der Waals surface area (Å²) in [5.74, 6) is 1.60. The molecule has 3 aromatic carbocycles. The minimum Gasteiger partial charge on any atom is -0.437 e. The molecule has 146 valence electrons. The molecule has 0 spiro atoms. The van der Waals surface area contributed by atoms with Crippen LogP contribution in [0.5, 0.6) is 0 Å². The van der Waals surface area contributed by atoms with Crippen LogP contribution in [-0.4, -0.2) is 18.9 Å². The van der Waals surface area contributed by atoms with E-state index in [0.717, 1.165) is 56.0 Å². The predicted molar refractivity (Wildman–Crippen MR) is 123 cm³/mol. The second-order valence-corrected chi connectivity index (χ2v) is 7.59. The van der Waals surface area contributed by atoms with Crippen LogP contribution in [0.4, 0.5) is 0 Å². The fourth-order valence-corrected chi connectivity index (χ4v) is 4.39. The summed E-state index contributed by atoms with van der Waals surface area (Å²) in [6.45, 7) is 0. The van der Waals surface area contributed by atoms with Gasteiger partial charge in [0.25, 0.3) is 0 Å². The van der Waals surface area contributed by atoms with Crippen molar-refractivity contribution in [2.75, 3.05) is 0 Å². The largest absolute Gasteiger partial charge is 0.437 e. The zero-order chi connectivity index (χ0) is 20.4. The molecule has 4 heterocycles. The molecule has 31 heavy (non-hydrogen) atoms. The van der Waals surface area contributed by atoms with Gasteiger partial charge in [0.1, 0.15) is 16.9 Å². The number of para-hydroxylation sites is 3. The molecule has 0 saturated carbocycles. The summed E-state index contributed by atoms with van der Waals surface area (Å²) in [7, 11) is 0. The number of hydrogen-bond acceptors (Lipinski definition) is 3. The molecule has 5 heteroatoms. The van der Waals surface area contributed by atoms with Crippen molar-refractivity contribution in [1.82, 2.24) is 18.9 Å². The monoisotopic (exact) mass is 400 g/mol. The second kappa shape index (κ2) is 6.06. The lowest BCUT2D eigenvalue weighted by atomic mass is 10.1. The molecule has 5 nitrogen and oxygen atoms in total. The van der Waals surface area contributed by atoms with E-state index in [0.29, 0.717) is 0 Å². The predicted octanol–water partition coefficient (Wildman–Crippen LogP) is 6.24. The van der Waals surface area contributed by atoms with Crippen LogP contribution < -0.4 is 0 Å². The van der Waals surface area contributed by atoms with E-state index in [4.69, 9.17) is 14.4 Å². The molecule has 0 radical (unpaired) electrons. The zero-order valence-corrected chi connectivity index (χ0v) is 16.4. The van der Waals surface area contributed by atoms with Crippen LogP contribution in [0.1, 0.15) is 0 Å². The normalized spacial score (nSPS) is 11.9. The molecule has 0 aliphatic heterocycles. The number of imidazole rings is 2. The van der Waals surface area contributed by atoms with Crippen molar-refractivity contribution in [2.24, 2.45) is 0 Å². The van der Waals surface area contributed by atoms with Gasteiger partial charge in [-0.15, -0.1) is 0 Å². The minimum absolute atomic E-state index is 0.777. The summed E-state index contributed by atoms with van der Waals surface area (Å²) in [5.41, 5.74) is 6.76. The van der Waals surface area contributed by atoms with Gasteiger partial charge in [0.15, 0.2) is 0 Å². The molecule has 0 aliphatic rings. The van der Waals surface area contributed by atoms with Gasteiger partial charge in [-0.2, -0.15) is 0 Å². The average Bonchev–Trinajstić information content (AvgIpc) is 3.47. The highest BCUT2D eigenvalue weighted by atomic mass is 16.3. The lowest BCUT2D eigenvalue weighted by Gasteiger charge is -2.06. The number of aromatic nitrogens is 4. The van der Waals surface area contributed by atoms with Gasteiger partial charge < -0.3 is 4.42 Å². The number of benzene rings is 3. The van der Waals surface area contributed by atoms with E-state index >= 15 is 0 Å². The Labute approximate surface area is 176 Å². The van der Waals surface area contributed by atoms with Crippen LogP contribution in [0.3, 0.4) is 0 Å². The number of pyridine rings is 1. The first-order chi connectivity index (χ1) is 15.4. The number of nitrogens with zero attached hydrogens (tertiary/aromatic N) is 4. The summed E-state index contributed by atoms with van der Waals surface area (Å²) in [6.07, 6.45) is 1.91. The third-order valence-electron chi connectivity index (χ3n) is 5.81. The third kappa shape index (κ3) is 2.25. The van der Waals surface area contributed by atoms with Crippen LogP contribution >= 0.6 is 0 Å². The van der Waals surface area contributed by atoms with Crippen molar-refractivity contribution in [2.45, 2.75) is 0 Å². The zero-order valence-electron chi connectivity index (χ0n) is 16.4. The lowest BCUT2D eigenvalue weighted by molar-refractivity contribution is 0.651. The highest BCUT2D eigenvalue weighted by molar-refractivity contribution is 6.05. The van der Waals surface area contributed by atoms with Crippen LogP contribution in [0, 0.1) is 0 Å². The van der Waals surface area contributed by atoms with Crippen molar-refractivity contribution in [3.8, 4) is 16.9 Å². The number of furan rings is 1. The van der Waals surface area contributed by atoms with Gasteiger partial charge in [-0.25, -0.2) is 14.4 Å². The van der Waals surface area contributed by atoms with E-state index in [1.54, 1.807) is 0 Å². The highest BCUT2D eigenvalue weighted by Gasteiger charge is 2.23. The van der Waals surface area contributed by atoms with Crippen molar-refractivity contribution >= 4 is 39.0 Å². The van der Waals surface area contributed by atoms with Gasteiger partial charge in [-0.1, -0.05) is 54.6 Å². The van der Waals surface area contributed by atoms with Gasteiger partial charge in [-0.3, -0.25) is 4.57 Å². The van der Waals surface area contributed by atoms with Crippen LogP contribution in [0.15, 0.2) is 102 Å². The van der Waals surface area contributed by atoms with E-state index in [1.165, 1.54) is 0 Å². The number of rotatable bonds is 2. The maximum absolute atomic E-state index is 6.30. The summed E-state index contributed by atoms with van der Waals surface area (Å²) in [4.78, 5) is 9.74. The maximum Gasteiger partial charge on any atom is 0.232 e. The van der Waals surface area contributed by atoms with Gasteiger partial charge in [-0.05, 0) is 42.0 Å². The molecule has 0 amide bonds. The fourth-order valence-electron chi connectivity index (χ4n) is 4.39. The lowest BCUT2D eigenvalue weighted by Crippen LogP contribution is -1.98. The Kier molecular flexibility index (Phi) is 3.21. The molecular weight excluding hydrogens is 384 g/mol. The standard InChI is InChI=1S/C26H16N4O/c1-2-8-17(9-3-1)18-14-15-23(27-16-18)30-24-19-10-4-7-13-22(19)31-25(24)29-21-12-6-5-11-20(21)28-26(29)30/h1-16H. The van der Waals surface area contributed by atoms with Crippen LogP contribution in [0.2, 0.25) is 0 Å². The first-order valence-electron chi connectivity index (χ1n) is 10.2. The first-order valence-corrected chi connectivity index (χ1v) is 10.2. The SMILES string of the molecule is c1ccc(-c2ccc(-n3c4c5ccccc5oc4n4c5ccccc5nc34)nc2)cc1. The molecule has 0 N–H and O–H groups in total. The molecule has 0 fully saturated rings. The van der Waals surface area contributed by atoms with E-state index < -0.39 is 0 Å². The second-order valence-electron chi connectivity index (χ2n) is 7.59. The minimum atomic E-state index is 0.777. The third-order valence-corrected chi connectivity index (χ3v) is 5.81. The summed E-state index contributed by atoms with van der Waals surface area (Å²) in [6, 6.07) is 30.6. The Hall–Kier alpha value is -4.38. The van der Waals surface area contributed by atoms with E-state index in [9.17, 15) is 0 Å². The Balaban J connectivity index is 1.57. The molecule has 0 bridgehead atoms. The summed E-state index contributed by atoms with van der Waals surface area (Å²) < 4.78 is 10.5. The summed E-state index contributed by atoms with van der Waals surface area (Å²) in [5, 5.41) is 1.04. The quantitative estimate of drug-likeness (QED) is 0.345. The topological polar surface area (TPSA) is 48.3 Å². The highest BCUT2D eigenvalue weighted by Crippen LogP contribution is 2.35. The van der Waals surface area contributed by atoms with Gasteiger partial charge in [0, 0.05) is 17.1 Å². The van der Waals surface area contributed by atoms with E-state index in [2.05, 4.69) is 39.3 Å². The first kappa shape index (κ1) is 16.4. The molecule has 7 rings (SSSR count). The molecule has 0 atom stereocenters. The van der Waals surface area contributed by atoms with Crippen molar-refractivity contribution in [3.63, 3.8) is 0 Å². The van der Waals surface area contributed by atoms with Crippen molar-refractivity contribution in [3.05, 3.63) is 97.2 Å². The van der Waals surface area contributed by atoms with Crippen LogP contribution in [-0.2, 0) is 0 Å². The van der Waals surface area contributed by atoms with E-state index in [1.807, 2.05) is 66.9 Å². The van der Waals surface area contributed by atoms with Gasteiger partial charge in [0.2, 0.25) is 11.5 Å². The Morgan fingerprint density at radius 3 is 2.39 bits per heavy atom. The molecule has 4 aromatic heterocycles. The van der Waals surface area contributed by atoms with E-state index in [-0.39, 0.29) is 0 Å². The van der Waals surface area contributed by atoms with Gasteiger partial charge in [0.05, 0.1) is 11.0 Å².